The number of nitrogens with zero attached hydrogens (tertiary/aromatic N) is 1. The second-order valence-electron chi connectivity index (χ2n) is 5.03. The zero-order chi connectivity index (χ0) is 15.8. The molecular weight excluding hydrogens is 346 g/mol. The van der Waals surface area contributed by atoms with Gasteiger partial charge in [-0.05, 0) is 36.4 Å². The van der Waals surface area contributed by atoms with Crippen LogP contribution in [0.15, 0.2) is 63.1 Å². The van der Waals surface area contributed by atoms with Gasteiger partial charge >= 0.3 is 0 Å². The molecule has 0 saturated carbocycles. The summed E-state index contributed by atoms with van der Waals surface area (Å²) in [6.45, 7) is 0. The fourth-order valence-electron chi connectivity index (χ4n) is 2.42. The lowest BCUT2D eigenvalue weighted by atomic mass is 10.2. The van der Waals surface area contributed by atoms with Crippen molar-refractivity contribution in [2.75, 3.05) is 5.73 Å². The first-order valence-corrected chi connectivity index (χ1v) is 9.08. The van der Waals surface area contributed by atoms with Gasteiger partial charge in [0.15, 0.2) is 0 Å². The van der Waals surface area contributed by atoms with Crippen LogP contribution in [0.1, 0.15) is 0 Å². The zero-order valence-corrected chi connectivity index (χ0v) is 14.3. The molecule has 3 N–H and O–H groups in total. The molecule has 4 rings (SSSR count). The lowest BCUT2D eigenvalue weighted by Gasteiger charge is -2.05. The lowest BCUT2D eigenvalue weighted by molar-refractivity contribution is 1.32. The third kappa shape index (κ3) is 2.72. The maximum absolute atomic E-state index is 6.12. The molecule has 0 unspecified atom stereocenters. The number of pyridine rings is 1. The molecule has 4 aromatic rings. The third-order valence-corrected chi connectivity index (χ3v) is 5.67. The quantitative estimate of drug-likeness (QED) is 0.496. The van der Waals surface area contributed by atoms with Crippen LogP contribution in [0.3, 0.4) is 0 Å². The van der Waals surface area contributed by atoms with Crippen LogP contribution >= 0.6 is 34.7 Å². The fraction of sp³-hybridized carbons (Fsp3) is 0. The van der Waals surface area contributed by atoms with Crippen LogP contribution in [0.5, 0.6) is 0 Å². The summed E-state index contributed by atoms with van der Waals surface area (Å²) in [6, 6.07) is 11.9. The van der Waals surface area contributed by atoms with E-state index >= 15 is 0 Å². The van der Waals surface area contributed by atoms with E-state index in [1.165, 1.54) is 0 Å². The number of H-pyrrole nitrogens is 1. The Morgan fingerprint density at radius 2 is 1.96 bits per heavy atom. The van der Waals surface area contributed by atoms with Crippen molar-refractivity contribution < 1.29 is 0 Å². The first kappa shape index (κ1) is 14.6. The second-order valence-corrected chi connectivity index (χ2v) is 7.29. The molecule has 3 heterocycles. The third-order valence-electron chi connectivity index (χ3n) is 3.52. The molecule has 0 radical (unpaired) electrons. The summed E-state index contributed by atoms with van der Waals surface area (Å²) in [4.78, 5) is 10.1. The van der Waals surface area contributed by atoms with Crippen LogP contribution < -0.4 is 5.73 Å². The Labute approximate surface area is 146 Å². The van der Waals surface area contributed by atoms with Crippen LogP contribution in [0.4, 0.5) is 5.69 Å². The molecule has 0 saturated heterocycles. The summed E-state index contributed by atoms with van der Waals surface area (Å²) in [6.07, 6.45) is 1.79. The summed E-state index contributed by atoms with van der Waals surface area (Å²) in [5, 5.41) is 5.84. The fourth-order valence-corrected chi connectivity index (χ4v) is 4.33. The standard InChI is InChI=1S/C17H12ClN3S2/c18-10-3-5-11(6-4-10)23-16-12-2-1-7-20-17(12)21-15(16)13-8-22-9-14(13)19/h1-9H,19H2,(H,20,21). The normalized spacial score (nSPS) is 11.2. The Hall–Kier alpha value is -1.95. The number of halogens is 1. The number of nitrogens with two attached hydrogens (primary N) is 1. The number of aromatic nitrogens is 2. The van der Waals surface area contributed by atoms with Crippen molar-refractivity contribution in [2.24, 2.45) is 0 Å². The maximum atomic E-state index is 6.12. The molecule has 0 amide bonds. The van der Waals surface area contributed by atoms with E-state index in [2.05, 4.69) is 21.4 Å². The van der Waals surface area contributed by atoms with E-state index in [1.807, 2.05) is 35.7 Å². The van der Waals surface area contributed by atoms with Gasteiger partial charge < -0.3 is 10.7 Å². The highest BCUT2D eigenvalue weighted by atomic mass is 35.5. The smallest absolute Gasteiger partial charge is 0.138 e. The first-order chi connectivity index (χ1) is 11.2. The number of rotatable bonds is 3. The van der Waals surface area contributed by atoms with Crippen molar-refractivity contribution in [2.45, 2.75) is 9.79 Å². The number of hydrogen-bond donors (Lipinski definition) is 2. The summed E-state index contributed by atoms with van der Waals surface area (Å²) in [5.41, 5.74) is 9.79. The monoisotopic (exact) mass is 357 g/mol. The van der Waals surface area contributed by atoms with Crippen LogP contribution in [0.25, 0.3) is 22.3 Å². The van der Waals surface area contributed by atoms with Crippen molar-refractivity contribution in [1.29, 1.82) is 0 Å². The Bertz CT molecular complexity index is 973. The van der Waals surface area contributed by atoms with Gasteiger partial charge in [-0.15, -0.1) is 11.3 Å². The van der Waals surface area contributed by atoms with Crippen LogP contribution in [0, 0.1) is 0 Å². The number of anilines is 1. The number of nitrogens with one attached hydrogen (secondary N) is 1. The first-order valence-electron chi connectivity index (χ1n) is 6.94. The van der Waals surface area contributed by atoms with Gasteiger partial charge in [0, 0.05) is 42.7 Å². The summed E-state index contributed by atoms with van der Waals surface area (Å²) >= 11 is 9.26. The molecule has 0 fully saturated rings. The van der Waals surface area contributed by atoms with Crippen molar-refractivity contribution >= 4 is 51.4 Å². The van der Waals surface area contributed by atoms with Crippen LogP contribution in [-0.4, -0.2) is 9.97 Å². The molecule has 23 heavy (non-hydrogen) atoms. The van der Waals surface area contributed by atoms with Gasteiger partial charge in [0.1, 0.15) is 5.65 Å². The Kier molecular flexibility index (Phi) is 3.77. The van der Waals surface area contributed by atoms with Crippen molar-refractivity contribution in [3.63, 3.8) is 0 Å². The Balaban J connectivity index is 1.89. The van der Waals surface area contributed by atoms with Gasteiger partial charge in [-0.25, -0.2) is 4.98 Å². The van der Waals surface area contributed by atoms with E-state index < -0.39 is 0 Å². The lowest BCUT2D eigenvalue weighted by Crippen LogP contribution is -1.86. The van der Waals surface area contributed by atoms with E-state index in [0.717, 1.165) is 42.8 Å². The number of benzene rings is 1. The molecule has 3 aromatic heterocycles. The van der Waals surface area contributed by atoms with Gasteiger partial charge in [0.05, 0.1) is 11.4 Å². The van der Waals surface area contributed by atoms with E-state index in [9.17, 15) is 0 Å². The average molecular weight is 358 g/mol. The predicted octanol–water partition coefficient (Wildman–Crippen LogP) is 5.68. The molecule has 0 bridgehead atoms. The van der Waals surface area contributed by atoms with Gasteiger partial charge in [-0.3, -0.25) is 0 Å². The number of aromatic amines is 1. The number of nitrogen functional groups attached to an aromatic ring is 1. The number of fused-ring (bicyclic) bond motifs is 1. The minimum atomic E-state index is 0.734. The zero-order valence-electron chi connectivity index (χ0n) is 11.9. The van der Waals surface area contributed by atoms with Crippen molar-refractivity contribution in [1.82, 2.24) is 9.97 Å². The minimum Gasteiger partial charge on any atom is -0.398 e. The second kappa shape index (κ2) is 5.92. The predicted molar refractivity (Wildman–Crippen MR) is 99.4 cm³/mol. The topological polar surface area (TPSA) is 54.7 Å². The molecule has 3 nitrogen and oxygen atoms in total. The van der Waals surface area contributed by atoms with Crippen molar-refractivity contribution in [3.8, 4) is 11.3 Å². The van der Waals surface area contributed by atoms with Crippen LogP contribution in [0.2, 0.25) is 5.02 Å². The summed E-state index contributed by atoms with van der Waals surface area (Å²) < 4.78 is 0. The SMILES string of the molecule is Nc1cscc1-c1[nH]c2ncccc2c1Sc1ccc(Cl)cc1. The Morgan fingerprint density at radius 1 is 1.13 bits per heavy atom. The summed E-state index contributed by atoms with van der Waals surface area (Å²) in [7, 11) is 0. The highest BCUT2D eigenvalue weighted by molar-refractivity contribution is 7.99. The molecule has 0 atom stereocenters. The van der Waals surface area contributed by atoms with E-state index in [0.29, 0.717) is 0 Å². The molecule has 0 aliphatic rings. The molecule has 1 aromatic carbocycles. The maximum Gasteiger partial charge on any atom is 0.138 e. The van der Waals surface area contributed by atoms with Gasteiger partial charge in [-0.2, -0.15) is 0 Å². The number of thiophene rings is 1. The van der Waals surface area contributed by atoms with Gasteiger partial charge in [-0.1, -0.05) is 23.4 Å². The summed E-state index contributed by atoms with van der Waals surface area (Å²) in [5.74, 6) is 0. The largest absolute Gasteiger partial charge is 0.398 e. The highest BCUT2D eigenvalue weighted by Gasteiger charge is 2.17. The van der Waals surface area contributed by atoms with E-state index in [4.69, 9.17) is 17.3 Å². The Morgan fingerprint density at radius 3 is 2.70 bits per heavy atom. The molecular formula is C17H12ClN3S2. The highest BCUT2D eigenvalue weighted by Crippen LogP contribution is 2.43. The van der Waals surface area contributed by atoms with Crippen molar-refractivity contribution in [3.05, 3.63) is 58.4 Å². The van der Waals surface area contributed by atoms with Gasteiger partial charge in [0.25, 0.3) is 0 Å². The van der Waals surface area contributed by atoms with E-state index in [-0.39, 0.29) is 0 Å². The minimum absolute atomic E-state index is 0.734. The van der Waals surface area contributed by atoms with E-state index in [1.54, 1.807) is 29.3 Å². The molecule has 0 aliphatic heterocycles. The molecule has 114 valence electrons. The molecule has 6 heteroatoms. The average Bonchev–Trinajstić information content (AvgIpc) is 3.13. The molecule has 0 aliphatic carbocycles. The number of hydrogen-bond acceptors (Lipinski definition) is 4. The molecule has 0 spiro atoms. The van der Waals surface area contributed by atoms with Gasteiger partial charge in [0.2, 0.25) is 0 Å². The van der Waals surface area contributed by atoms with Crippen LogP contribution in [-0.2, 0) is 0 Å².